The Morgan fingerprint density at radius 1 is 0.448 bits per heavy atom. The van der Waals surface area contributed by atoms with E-state index in [2.05, 4.69) is 50.3 Å². The van der Waals surface area contributed by atoms with Crippen LogP contribution >= 0.6 is 0 Å². The van der Waals surface area contributed by atoms with Gasteiger partial charge in [0.05, 0.1) is 22.8 Å². The average Bonchev–Trinajstić information content (AvgIpc) is 3.32. The average molecular weight is 441 g/mol. The summed E-state index contributed by atoms with van der Waals surface area (Å²) >= 11 is 0. The van der Waals surface area contributed by atoms with Gasteiger partial charge in [0.25, 0.3) is 0 Å². The zero-order chi connectivity index (χ0) is 15.9. The summed E-state index contributed by atoms with van der Waals surface area (Å²) in [6, 6.07) is 16.4. The molecule has 10 N–H and O–H groups in total. The Labute approximate surface area is 176 Å². The van der Waals surface area contributed by atoms with E-state index in [-0.39, 0.29) is 38.7 Å². The predicted molar refractivity (Wildman–Crippen MR) is 113 cm³/mol. The second-order valence-corrected chi connectivity index (χ2v) is 5.91. The fourth-order valence-electron chi connectivity index (χ4n) is 2.94. The molecule has 3 aromatic heterocycles. The summed E-state index contributed by atoms with van der Waals surface area (Å²) in [6.45, 7) is 0. The zero-order valence-electron chi connectivity index (χ0n) is 15.2. The summed E-state index contributed by atoms with van der Waals surface area (Å²) in [4.78, 5) is 16.0. The normalized spacial score (nSPS) is 10.5. The van der Waals surface area contributed by atoms with Crippen LogP contribution in [0.3, 0.4) is 0 Å². The Bertz CT molecular complexity index is 1090. The van der Waals surface area contributed by atoms with Crippen LogP contribution < -0.4 is 0 Å². The Hall–Kier alpha value is -3.05. The van der Waals surface area contributed by atoms with Crippen LogP contribution in [0, 0.1) is 0 Å². The van der Waals surface area contributed by atoms with E-state index in [0.29, 0.717) is 0 Å². The molecule has 9 heteroatoms. The van der Waals surface area contributed by atoms with Crippen molar-refractivity contribution >= 4 is 46.4 Å². The van der Waals surface area contributed by atoms with E-state index in [1.807, 2.05) is 42.5 Å². The minimum atomic E-state index is 0. The fourth-order valence-corrected chi connectivity index (χ4v) is 2.94. The molecule has 0 unspecified atom stereocenters. The Balaban J connectivity index is 0.00000157. The predicted octanol–water partition coefficient (Wildman–Crippen LogP) is 1.35. The molecule has 0 saturated carbocycles. The summed E-state index contributed by atoms with van der Waals surface area (Å²) in [6.07, 6.45) is 8.05. The van der Waals surface area contributed by atoms with Gasteiger partial charge in [0, 0.05) is 38.8 Å². The molecule has 0 atom stereocenters. The van der Waals surface area contributed by atoms with Gasteiger partial charge in [-0.05, 0) is 72.8 Å². The van der Waals surface area contributed by atoms with E-state index >= 15 is 0 Å². The molecule has 5 rings (SSSR count). The van der Waals surface area contributed by atoms with E-state index in [1.54, 1.807) is 0 Å². The van der Waals surface area contributed by atoms with Crippen LogP contribution in [0.2, 0.25) is 0 Å². The molecule has 2 aliphatic heterocycles. The van der Waals surface area contributed by atoms with Crippen molar-refractivity contribution in [3.63, 3.8) is 0 Å². The van der Waals surface area contributed by atoms with Gasteiger partial charge in [-0.25, -0.2) is 9.97 Å². The molecule has 1 radical (unpaired) electrons. The summed E-state index contributed by atoms with van der Waals surface area (Å²) in [7, 11) is 0. The third kappa shape index (κ3) is 5.48. The number of H-pyrrole nitrogens is 2. The monoisotopic (exact) mass is 441 g/mol. The van der Waals surface area contributed by atoms with Crippen molar-refractivity contribution in [3.8, 4) is 0 Å². The minimum Gasteiger partial charge on any atom is -0.412 e. The van der Waals surface area contributed by atoms with Crippen LogP contribution in [-0.4, -0.2) is 41.8 Å². The largest absolute Gasteiger partial charge is 0.412 e. The Kier molecular flexibility index (Phi) is 9.38. The molecule has 2 aliphatic rings. The third-order valence-corrected chi connectivity index (χ3v) is 4.04. The number of hydrogen-bond acceptors (Lipinski definition) is 2. The zero-order valence-corrected chi connectivity index (χ0v) is 16.2. The summed E-state index contributed by atoms with van der Waals surface area (Å²) < 4.78 is 0. The molecule has 0 aliphatic carbocycles. The summed E-state index contributed by atoms with van der Waals surface area (Å²) in [5.74, 6) is 0. The van der Waals surface area contributed by atoms with Gasteiger partial charge in [0.15, 0.2) is 0 Å². The van der Waals surface area contributed by atoms with Crippen molar-refractivity contribution in [2.45, 2.75) is 0 Å². The molecule has 8 nitrogen and oxygen atoms in total. The molecule has 8 bridgehead atoms. The van der Waals surface area contributed by atoms with Crippen molar-refractivity contribution in [2.24, 2.45) is 0 Å². The molecular formula is C20H22CoN4O4. The number of nitrogens with zero attached hydrogens (tertiary/aromatic N) is 2. The number of aromatic nitrogens is 4. The SMILES string of the molecule is C1=Cc2cc3ccc(cc4ccc(cc5nc(cc1n2)C=C5)[nH]4)[nH]3.O.O.O.O.[Co]. The van der Waals surface area contributed by atoms with Crippen LogP contribution in [0.4, 0.5) is 0 Å². The van der Waals surface area contributed by atoms with Crippen LogP contribution in [0.5, 0.6) is 0 Å². The first-order valence-corrected chi connectivity index (χ1v) is 7.85. The van der Waals surface area contributed by atoms with Crippen LogP contribution in [0.1, 0.15) is 22.8 Å². The fraction of sp³-hybridized carbons (Fsp3) is 0. The number of rotatable bonds is 0. The second-order valence-electron chi connectivity index (χ2n) is 5.91. The quantitative estimate of drug-likeness (QED) is 0.368. The second kappa shape index (κ2) is 10.5. The molecule has 0 spiro atoms. The van der Waals surface area contributed by atoms with E-state index in [4.69, 9.17) is 0 Å². The van der Waals surface area contributed by atoms with Gasteiger partial charge >= 0.3 is 0 Å². The van der Waals surface area contributed by atoms with Gasteiger partial charge < -0.3 is 31.9 Å². The van der Waals surface area contributed by atoms with Crippen molar-refractivity contribution in [2.75, 3.05) is 0 Å². The molecule has 29 heavy (non-hydrogen) atoms. The van der Waals surface area contributed by atoms with E-state index in [9.17, 15) is 0 Å². The van der Waals surface area contributed by atoms with Gasteiger partial charge in [-0.1, -0.05) is 0 Å². The first-order chi connectivity index (χ1) is 11.8. The third-order valence-electron chi connectivity index (χ3n) is 4.04. The molecule has 0 aromatic carbocycles. The van der Waals surface area contributed by atoms with E-state index in [1.165, 1.54) is 0 Å². The summed E-state index contributed by atoms with van der Waals surface area (Å²) in [5.41, 5.74) is 7.86. The Morgan fingerprint density at radius 3 is 1.14 bits per heavy atom. The molecule has 0 amide bonds. The van der Waals surface area contributed by atoms with Crippen molar-refractivity contribution in [3.05, 3.63) is 71.3 Å². The van der Waals surface area contributed by atoms with Crippen LogP contribution in [0.15, 0.2) is 48.5 Å². The van der Waals surface area contributed by atoms with Crippen molar-refractivity contribution in [1.29, 1.82) is 0 Å². The van der Waals surface area contributed by atoms with Crippen molar-refractivity contribution < 1.29 is 38.7 Å². The smallest absolute Gasteiger partial charge is 0.0659 e. The van der Waals surface area contributed by atoms with Gasteiger partial charge in [-0.15, -0.1) is 0 Å². The van der Waals surface area contributed by atoms with Crippen molar-refractivity contribution in [1.82, 2.24) is 19.9 Å². The number of nitrogens with one attached hydrogen (secondary N) is 2. The van der Waals surface area contributed by atoms with Crippen LogP contribution in [0.25, 0.3) is 46.4 Å². The summed E-state index contributed by atoms with van der Waals surface area (Å²) in [5, 5.41) is 0. The maximum absolute atomic E-state index is 4.62. The minimum absolute atomic E-state index is 0. The topological polar surface area (TPSA) is 183 Å². The number of hydrogen-bond donors (Lipinski definition) is 2. The molecule has 3 aromatic rings. The number of aromatic amines is 2. The standard InChI is InChI=1S/C20H14N4.Co.4H2O/c1-2-14-10-16-5-6-18(23-16)12-20-8-7-19(24-20)11-17-4-3-15(22-17)9-13(1)21-14;;;;;/h1-12,21-22H;;4*1H2. The van der Waals surface area contributed by atoms with Gasteiger partial charge in [-0.3, -0.25) is 0 Å². The molecular weight excluding hydrogens is 419 g/mol. The van der Waals surface area contributed by atoms with Crippen LogP contribution in [-0.2, 0) is 16.8 Å². The van der Waals surface area contributed by atoms with Gasteiger partial charge in [-0.2, -0.15) is 0 Å². The first kappa shape index (κ1) is 25.9. The number of fused-ring (bicyclic) bond motifs is 8. The maximum atomic E-state index is 4.62. The Morgan fingerprint density at radius 2 is 0.759 bits per heavy atom. The van der Waals surface area contributed by atoms with E-state index in [0.717, 1.165) is 44.8 Å². The molecule has 0 fully saturated rings. The maximum Gasteiger partial charge on any atom is 0.0659 e. The van der Waals surface area contributed by atoms with Gasteiger partial charge in [0.2, 0.25) is 0 Å². The first-order valence-electron chi connectivity index (χ1n) is 7.85. The molecule has 155 valence electrons. The molecule has 5 heterocycles. The van der Waals surface area contributed by atoms with Gasteiger partial charge in [0.1, 0.15) is 0 Å². The molecule has 0 saturated heterocycles. The van der Waals surface area contributed by atoms with E-state index < -0.39 is 0 Å².